The zero-order chi connectivity index (χ0) is 12.1. The van der Waals surface area contributed by atoms with Crippen molar-refractivity contribution in [2.45, 2.75) is 6.92 Å². The lowest BCUT2D eigenvalue weighted by molar-refractivity contribution is 0.341. The van der Waals surface area contributed by atoms with Gasteiger partial charge in [0.1, 0.15) is 5.75 Å². The van der Waals surface area contributed by atoms with Crippen LogP contribution in [0.1, 0.15) is 6.92 Å². The number of hydrogen-bond donors (Lipinski definition) is 0. The van der Waals surface area contributed by atoms with Crippen LogP contribution >= 0.6 is 0 Å². The topological polar surface area (TPSA) is 12.5 Å². The molecule has 0 heterocycles. The first-order chi connectivity index (χ1) is 8.33. The van der Waals surface area contributed by atoms with Crippen molar-refractivity contribution in [3.8, 4) is 5.75 Å². The molecule has 17 heavy (non-hydrogen) atoms. The van der Waals surface area contributed by atoms with Gasteiger partial charge >= 0.3 is 0 Å². The van der Waals surface area contributed by atoms with E-state index in [4.69, 9.17) is 4.74 Å². The quantitative estimate of drug-likeness (QED) is 0.786. The second kappa shape index (κ2) is 5.39. The summed E-state index contributed by atoms with van der Waals surface area (Å²) in [6, 6.07) is 18.3. The van der Waals surface area contributed by atoms with Crippen LogP contribution in [0.4, 0.5) is 11.4 Å². The number of ether oxygens (including phenoxy) is 1. The monoisotopic (exact) mass is 227 g/mol. The Morgan fingerprint density at radius 1 is 0.941 bits per heavy atom. The smallest absolute Gasteiger partial charge is 0.142 e. The Balaban J connectivity index is 2.33. The van der Waals surface area contributed by atoms with Gasteiger partial charge in [0, 0.05) is 12.7 Å². The van der Waals surface area contributed by atoms with Crippen molar-refractivity contribution in [3.05, 3.63) is 54.6 Å². The summed E-state index contributed by atoms with van der Waals surface area (Å²) in [6.07, 6.45) is 0. The average molecular weight is 227 g/mol. The number of para-hydroxylation sites is 3. The van der Waals surface area contributed by atoms with Crippen LogP contribution in [0.15, 0.2) is 54.6 Å². The molecule has 0 amide bonds. The lowest BCUT2D eigenvalue weighted by atomic mass is 10.2. The van der Waals surface area contributed by atoms with Gasteiger partial charge in [0.05, 0.1) is 12.3 Å². The molecule has 0 saturated heterocycles. The van der Waals surface area contributed by atoms with Crippen LogP contribution in [0.3, 0.4) is 0 Å². The molecule has 0 atom stereocenters. The van der Waals surface area contributed by atoms with Crippen LogP contribution < -0.4 is 9.64 Å². The summed E-state index contributed by atoms with van der Waals surface area (Å²) < 4.78 is 5.64. The third-order valence-electron chi connectivity index (χ3n) is 2.67. The predicted octanol–water partition coefficient (Wildman–Crippen LogP) is 3.85. The maximum absolute atomic E-state index is 5.64. The Labute approximate surface area is 102 Å². The number of rotatable bonds is 4. The van der Waals surface area contributed by atoms with Gasteiger partial charge in [0.2, 0.25) is 0 Å². The fourth-order valence-electron chi connectivity index (χ4n) is 1.80. The molecule has 2 heteroatoms. The lowest BCUT2D eigenvalue weighted by Gasteiger charge is -2.22. The second-order valence-electron chi connectivity index (χ2n) is 3.80. The van der Waals surface area contributed by atoms with Gasteiger partial charge < -0.3 is 9.64 Å². The van der Waals surface area contributed by atoms with Crippen LogP contribution in [0.2, 0.25) is 0 Å². The minimum Gasteiger partial charge on any atom is -0.492 e. The summed E-state index contributed by atoms with van der Waals surface area (Å²) >= 11 is 0. The summed E-state index contributed by atoms with van der Waals surface area (Å²) in [7, 11) is 2.05. The van der Waals surface area contributed by atoms with E-state index in [1.165, 1.54) is 0 Å². The van der Waals surface area contributed by atoms with Gasteiger partial charge in [0.25, 0.3) is 0 Å². The molecular formula is C15H17NO. The zero-order valence-corrected chi connectivity index (χ0v) is 10.3. The van der Waals surface area contributed by atoms with E-state index in [0.29, 0.717) is 6.61 Å². The minimum atomic E-state index is 0.680. The molecule has 0 aromatic heterocycles. The van der Waals surface area contributed by atoms with E-state index in [1.807, 2.05) is 50.4 Å². The van der Waals surface area contributed by atoms with Crippen LogP contribution in [-0.2, 0) is 0 Å². The van der Waals surface area contributed by atoms with Crippen molar-refractivity contribution < 1.29 is 4.74 Å². The highest BCUT2D eigenvalue weighted by molar-refractivity contribution is 5.68. The maximum atomic E-state index is 5.64. The van der Waals surface area contributed by atoms with E-state index < -0.39 is 0 Å². The van der Waals surface area contributed by atoms with Gasteiger partial charge in [-0.15, -0.1) is 0 Å². The van der Waals surface area contributed by atoms with Crippen molar-refractivity contribution in [1.29, 1.82) is 0 Å². The second-order valence-corrected chi connectivity index (χ2v) is 3.80. The van der Waals surface area contributed by atoms with Crippen molar-refractivity contribution >= 4 is 11.4 Å². The van der Waals surface area contributed by atoms with Gasteiger partial charge in [-0.2, -0.15) is 0 Å². The molecule has 0 aliphatic heterocycles. The van der Waals surface area contributed by atoms with Crippen LogP contribution in [0, 0.1) is 0 Å². The molecule has 0 fully saturated rings. The number of benzene rings is 2. The Morgan fingerprint density at radius 3 is 2.29 bits per heavy atom. The van der Waals surface area contributed by atoms with Crippen LogP contribution in [0.25, 0.3) is 0 Å². The van der Waals surface area contributed by atoms with Gasteiger partial charge in [0.15, 0.2) is 0 Å². The van der Waals surface area contributed by atoms with Crippen molar-refractivity contribution in [2.24, 2.45) is 0 Å². The molecule has 0 aliphatic carbocycles. The molecule has 0 saturated carbocycles. The first-order valence-electron chi connectivity index (χ1n) is 5.83. The van der Waals surface area contributed by atoms with E-state index in [2.05, 4.69) is 23.1 Å². The highest BCUT2D eigenvalue weighted by Gasteiger charge is 2.08. The number of anilines is 2. The Kier molecular flexibility index (Phi) is 3.66. The van der Waals surface area contributed by atoms with Crippen molar-refractivity contribution in [2.75, 3.05) is 18.6 Å². The Bertz CT molecular complexity index is 467. The molecule has 0 bridgehead atoms. The van der Waals surface area contributed by atoms with Crippen molar-refractivity contribution in [3.63, 3.8) is 0 Å². The molecule has 2 rings (SSSR count). The zero-order valence-electron chi connectivity index (χ0n) is 10.3. The molecule has 0 radical (unpaired) electrons. The first-order valence-corrected chi connectivity index (χ1v) is 5.83. The van der Waals surface area contributed by atoms with Crippen molar-refractivity contribution in [1.82, 2.24) is 0 Å². The molecular weight excluding hydrogens is 210 g/mol. The van der Waals surface area contributed by atoms with Gasteiger partial charge in [-0.25, -0.2) is 0 Å². The summed E-state index contributed by atoms with van der Waals surface area (Å²) in [5, 5.41) is 0. The minimum absolute atomic E-state index is 0.680. The highest BCUT2D eigenvalue weighted by Crippen LogP contribution is 2.31. The third kappa shape index (κ3) is 2.59. The third-order valence-corrected chi connectivity index (χ3v) is 2.67. The molecule has 2 nitrogen and oxygen atoms in total. The fraction of sp³-hybridized carbons (Fsp3) is 0.200. The summed E-state index contributed by atoms with van der Waals surface area (Å²) in [5.74, 6) is 0.918. The molecule has 2 aromatic rings. The number of nitrogens with zero attached hydrogens (tertiary/aromatic N) is 1. The molecule has 2 aromatic carbocycles. The van der Waals surface area contributed by atoms with Crippen LogP contribution in [-0.4, -0.2) is 13.7 Å². The SMILES string of the molecule is CCOc1ccccc1N(C)c1ccccc1. The van der Waals surface area contributed by atoms with E-state index in [0.717, 1.165) is 17.1 Å². The van der Waals surface area contributed by atoms with E-state index in [9.17, 15) is 0 Å². The highest BCUT2D eigenvalue weighted by atomic mass is 16.5. The standard InChI is InChI=1S/C15H17NO/c1-3-17-15-12-8-7-11-14(15)16(2)13-9-5-4-6-10-13/h4-12H,3H2,1-2H3. The average Bonchev–Trinajstić information content (AvgIpc) is 2.40. The summed E-state index contributed by atoms with van der Waals surface area (Å²) in [5.41, 5.74) is 2.24. The number of hydrogen-bond acceptors (Lipinski definition) is 2. The summed E-state index contributed by atoms with van der Waals surface area (Å²) in [6.45, 7) is 2.68. The largest absolute Gasteiger partial charge is 0.492 e. The molecule has 0 spiro atoms. The molecule has 0 unspecified atom stereocenters. The van der Waals surface area contributed by atoms with Gasteiger partial charge in [-0.3, -0.25) is 0 Å². The van der Waals surface area contributed by atoms with Crippen LogP contribution in [0.5, 0.6) is 5.75 Å². The Morgan fingerprint density at radius 2 is 1.59 bits per heavy atom. The molecule has 0 N–H and O–H groups in total. The van der Waals surface area contributed by atoms with Gasteiger partial charge in [-0.1, -0.05) is 30.3 Å². The Hall–Kier alpha value is -1.96. The lowest BCUT2D eigenvalue weighted by Crippen LogP contribution is -2.10. The molecule has 88 valence electrons. The van der Waals surface area contributed by atoms with Gasteiger partial charge in [-0.05, 0) is 31.2 Å². The maximum Gasteiger partial charge on any atom is 0.142 e. The summed E-state index contributed by atoms with van der Waals surface area (Å²) in [4.78, 5) is 2.13. The normalized spacial score (nSPS) is 10.0. The predicted molar refractivity (Wildman–Crippen MR) is 72.1 cm³/mol. The first kappa shape index (κ1) is 11.5. The van der Waals surface area contributed by atoms with E-state index >= 15 is 0 Å². The van der Waals surface area contributed by atoms with E-state index in [1.54, 1.807) is 0 Å². The fourth-order valence-corrected chi connectivity index (χ4v) is 1.80. The molecule has 0 aliphatic rings. The van der Waals surface area contributed by atoms with E-state index in [-0.39, 0.29) is 0 Å².